The Morgan fingerprint density at radius 3 is 2.78 bits per heavy atom. The Morgan fingerprint density at radius 1 is 1.48 bits per heavy atom. The van der Waals surface area contributed by atoms with Crippen LogP contribution in [0, 0.1) is 17.3 Å². The molecule has 0 aromatic heterocycles. The first-order chi connectivity index (χ1) is 10.8. The molecule has 0 N–H and O–H groups in total. The van der Waals surface area contributed by atoms with Crippen LogP contribution in [0.1, 0.15) is 40.5 Å². The van der Waals surface area contributed by atoms with E-state index in [1.807, 2.05) is 27.7 Å². The zero-order valence-electron chi connectivity index (χ0n) is 14.3. The number of rotatable bonds is 7. The van der Waals surface area contributed by atoms with E-state index in [0.29, 0.717) is 13.0 Å². The number of allylic oxidation sites excluding steroid dienone is 2. The number of hydrogen-bond acceptors (Lipinski definition) is 5. The second kappa shape index (κ2) is 6.69. The van der Waals surface area contributed by atoms with Gasteiger partial charge >= 0.3 is 5.97 Å². The molecule has 0 saturated heterocycles. The molecule has 2 aliphatic carbocycles. The number of hydrogen-bond donors (Lipinski definition) is 0. The molecule has 0 spiro atoms. The molecule has 0 aliphatic heterocycles. The van der Waals surface area contributed by atoms with E-state index in [9.17, 15) is 9.59 Å². The fraction of sp³-hybridized carbons (Fsp3) is 0.611. The fourth-order valence-corrected chi connectivity index (χ4v) is 3.21. The van der Waals surface area contributed by atoms with Crippen LogP contribution in [0.5, 0.6) is 0 Å². The maximum absolute atomic E-state index is 12.5. The first-order valence-electron chi connectivity index (χ1n) is 8.04. The largest absolute Gasteiger partial charge is 0.457 e. The topological polar surface area (TPSA) is 65.0 Å². The summed E-state index contributed by atoms with van der Waals surface area (Å²) >= 11 is 0. The zero-order chi connectivity index (χ0) is 17.2. The number of carbonyl (C=O) groups is 2. The van der Waals surface area contributed by atoms with E-state index < -0.39 is 6.10 Å². The van der Waals surface area contributed by atoms with Crippen molar-refractivity contribution in [2.24, 2.45) is 22.4 Å². The summed E-state index contributed by atoms with van der Waals surface area (Å²) in [4.78, 5) is 29.4. The SMILES string of the molecule is C=CCC1=C(C)[C@@H](OC(=O)[C@@H]2[C@@H](/C=N/OCC)C2(C)C)CC1=O. The van der Waals surface area contributed by atoms with Crippen LogP contribution in [0.2, 0.25) is 0 Å². The number of carbonyl (C=O) groups excluding carboxylic acids is 2. The highest BCUT2D eigenvalue weighted by Gasteiger charge is 2.62. The molecule has 126 valence electrons. The molecule has 5 nitrogen and oxygen atoms in total. The van der Waals surface area contributed by atoms with Crippen molar-refractivity contribution in [1.29, 1.82) is 0 Å². The maximum Gasteiger partial charge on any atom is 0.310 e. The molecule has 0 aromatic carbocycles. The first-order valence-corrected chi connectivity index (χ1v) is 8.04. The van der Waals surface area contributed by atoms with E-state index in [1.165, 1.54) is 0 Å². The third kappa shape index (κ3) is 3.38. The van der Waals surface area contributed by atoms with Gasteiger partial charge in [0.05, 0.1) is 12.3 Å². The molecule has 23 heavy (non-hydrogen) atoms. The van der Waals surface area contributed by atoms with Crippen molar-refractivity contribution in [2.45, 2.75) is 46.6 Å². The van der Waals surface area contributed by atoms with Gasteiger partial charge in [0, 0.05) is 17.7 Å². The predicted octanol–water partition coefficient (Wildman–Crippen LogP) is 3.06. The summed E-state index contributed by atoms with van der Waals surface area (Å²) in [6.07, 6.45) is 3.71. The molecule has 1 fully saturated rings. The van der Waals surface area contributed by atoms with Crippen molar-refractivity contribution in [2.75, 3.05) is 6.61 Å². The van der Waals surface area contributed by atoms with E-state index in [-0.39, 0.29) is 35.4 Å². The molecule has 5 heteroatoms. The van der Waals surface area contributed by atoms with Crippen molar-refractivity contribution < 1.29 is 19.2 Å². The van der Waals surface area contributed by atoms with Gasteiger partial charge in [0.25, 0.3) is 0 Å². The minimum absolute atomic E-state index is 0.00980. The monoisotopic (exact) mass is 319 g/mol. The zero-order valence-corrected chi connectivity index (χ0v) is 14.3. The molecule has 0 amide bonds. The molecule has 0 bridgehead atoms. The van der Waals surface area contributed by atoms with Gasteiger partial charge < -0.3 is 9.57 Å². The minimum Gasteiger partial charge on any atom is -0.457 e. The van der Waals surface area contributed by atoms with Crippen molar-refractivity contribution in [3.05, 3.63) is 23.8 Å². The van der Waals surface area contributed by atoms with Crippen LogP contribution in [-0.4, -0.2) is 30.7 Å². The van der Waals surface area contributed by atoms with E-state index in [1.54, 1.807) is 12.3 Å². The Hall–Kier alpha value is -1.91. The second-order valence-electron chi connectivity index (χ2n) is 6.70. The highest BCUT2D eigenvalue weighted by atomic mass is 16.6. The van der Waals surface area contributed by atoms with Crippen LogP contribution in [0.15, 0.2) is 29.0 Å². The van der Waals surface area contributed by atoms with Crippen LogP contribution < -0.4 is 0 Å². The van der Waals surface area contributed by atoms with Crippen LogP contribution in [-0.2, 0) is 19.2 Å². The van der Waals surface area contributed by atoms with E-state index in [0.717, 1.165) is 11.1 Å². The summed E-state index contributed by atoms with van der Waals surface area (Å²) < 4.78 is 5.61. The van der Waals surface area contributed by atoms with Gasteiger partial charge in [0.2, 0.25) is 0 Å². The van der Waals surface area contributed by atoms with Gasteiger partial charge in [-0.1, -0.05) is 25.1 Å². The number of Topliss-reactive ketones (excluding diaryl/α,β-unsaturated/α-hetero) is 1. The van der Waals surface area contributed by atoms with Gasteiger partial charge in [-0.3, -0.25) is 9.59 Å². The van der Waals surface area contributed by atoms with E-state index in [4.69, 9.17) is 9.57 Å². The molecule has 1 saturated carbocycles. The van der Waals surface area contributed by atoms with Crippen LogP contribution in [0.25, 0.3) is 0 Å². The summed E-state index contributed by atoms with van der Waals surface area (Å²) in [6, 6.07) is 0. The van der Waals surface area contributed by atoms with Gasteiger partial charge in [-0.25, -0.2) is 0 Å². The van der Waals surface area contributed by atoms with Gasteiger partial charge in [0.1, 0.15) is 12.7 Å². The van der Waals surface area contributed by atoms with Gasteiger partial charge in [-0.15, -0.1) is 6.58 Å². The molecule has 0 heterocycles. The highest BCUT2D eigenvalue weighted by molar-refractivity contribution is 6.00. The minimum atomic E-state index is -0.439. The Bertz CT molecular complexity index is 574. The van der Waals surface area contributed by atoms with Crippen molar-refractivity contribution in [3.63, 3.8) is 0 Å². The maximum atomic E-state index is 12.5. The average Bonchev–Trinajstić information content (AvgIpc) is 2.94. The molecule has 2 rings (SSSR count). The third-order valence-electron chi connectivity index (χ3n) is 4.86. The van der Waals surface area contributed by atoms with Gasteiger partial charge in [-0.05, 0) is 31.3 Å². The quantitative estimate of drug-likeness (QED) is 0.313. The van der Waals surface area contributed by atoms with Crippen molar-refractivity contribution >= 4 is 18.0 Å². The molecule has 0 radical (unpaired) electrons. The number of esters is 1. The van der Waals surface area contributed by atoms with Crippen LogP contribution in [0.4, 0.5) is 0 Å². The summed E-state index contributed by atoms with van der Waals surface area (Å²) in [6.45, 7) is 11.9. The Kier molecular flexibility index (Phi) is 5.07. The lowest BCUT2D eigenvalue weighted by Gasteiger charge is -2.13. The summed E-state index contributed by atoms with van der Waals surface area (Å²) in [7, 11) is 0. The predicted molar refractivity (Wildman–Crippen MR) is 87.9 cm³/mol. The number of oxime groups is 1. The summed E-state index contributed by atoms with van der Waals surface area (Å²) in [5, 5.41) is 3.87. The lowest BCUT2D eigenvalue weighted by atomic mass is 10.1. The fourth-order valence-electron chi connectivity index (χ4n) is 3.21. The Balaban J connectivity index is 2.00. The van der Waals surface area contributed by atoms with E-state index >= 15 is 0 Å². The Morgan fingerprint density at radius 2 is 2.17 bits per heavy atom. The summed E-state index contributed by atoms with van der Waals surface area (Å²) in [5.74, 6) is -0.446. The molecule has 0 unspecified atom stereocenters. The van der Waals surface area contributed by atoms with Gasteiger partial charge in [0.15, 0.2) is 5.78 Å². The number of ketones is 1. The average molecular weight is 319 g/mol. The normalized spacial score (nSPS) is 29.0. The van der Waals surface area contributed by atoms with Gasteiger partial charge in [-0.2, -0.15) is 0 Å². The molecule has 0 aromatic rings. The lowest BCUT2D eigenvalue weighted by Crippen LogP contribution is -2.20. The summed E-state index contributed by atoms with van der Waals surface area (Å²) in [5.41, 5.74) is 1.38. The third-order valence-corrected chi connectivity index (χ3v) is 4.86. The smallest absolute Gasteiger partial charge is 0.310 e. The molecular formula is C18H25NO4. The molecular weight excluding hydrogens is 294 g/mol. The van der Waals surface area contributed by atoms with Crippen molar-refractivity contribution in [3.8, 4) is 0 Å². The lowest BCUT2D eigenvalue weighted by molar-refractivity contribution is -0.150. The molecule has 3 atom stereocenters. The van der Waals surface area contributed by atoms with Crippen LogP contribution >= 0.6 is 0 Å². The first kappa shape index (κ1) is 17.4. The molecule has 2 aliphatic rings. The van der Waals surface area contributed by atoms with Crippen molar-refractivity contribution in [1.82, 2.24) is 0 Å². The number of ether oxygens (including phenoxy) is 1. The van der Waals surface area contributed by atoms with Crippen LogP contribution in [0.3, 0.4) is 0 Å². The second-order valence-corrected chi connectivity index (χ2v) is 6.70. The highest BCUT2D eigenvalue weighted by Crippen LogP contribution is 2.58. The Labute approximate surface area is 137 Å². The van der Waals surface area contributed by atoms with E-state index in [2.05, 4.69) is 11.7 Å². The number of nitrogens with zero attached hydrogens (tertiary/aromatic N) is 1. The standard InChI is InChI=1S/C18H25NO4/c1-6-8-12-11(3)15(9-14(12)20)23-17(21)16-13(18(16,4)5)10-19-22-7-2/h6,10,13,15-16H,1,7-9H2,2-5H3/b19-10+/t13-,15+,16+/m1/s1.